The minimum Gasteiger partial charge on any atom is -0.389 e. The molecule has 0 aliphatic carbocycles. The van der Waals surface area contributed by atoms with E-state index < -0.39 is 12.1 Å². The number of β-amino-alcohol motifs (C(OH)–C–C–N with tert-alkyl or cyclic N) is 1. The van der Waals surface area contributed by atoms with Gasteiger partial charge in [0.1, 0.15) is 5.69 Å². The van der Waals surface area contributed by atoms with Crippen molar-refractivity contribution < 1.29 is 14.7 Å². The van der Waals surface area contributed by atoms with Crippen molar-refractivity contribution in [3.05, 3.63) is 64.9 Å². The Morgan fingerprint density at radius 1 is 1.23 bits per heavy atom. The molecule has 1 aromatic heterocycles. The van der Waals surface area contributed by atoms with Crippen molar-refractivity contribution in [3.8, 4) is 0 Å². The topological polar surface area (TPSA) is 82.5 Å². The number of nitrogens with one attached hydrogen (secondary N) is 1. The van der Waals surface area contributed by atoms with E-state index in [1.807, 2.05) is 12.1 Å². The summed E-state index contributed by atoms with van der Waals surface area (Å²) in [6.07, 6.45) is 1.37. The minimum atomic E-state index is -0.827. The number of carbonyl (C=O) groups is 2. The van der Waals surface area contributed by atoms with Crippen LogP contribution in [0.3, 0.4) is 0 Å². The van der Waals surface area contributed by atoms with Crippen molar-refractivity contribution in [1.82, 2.24) is 15.2 Å². The first-order valence-electron chi connectivity index (χ1n) is 8.45. The molecule has 7 heteroatoms. The molecule has 0 saturated carbocycles. The van der Waals surface area contributed by atoms with Crippen molar-refractivity contribution >= 4 is 23.4 Å². The summed E-state index contributed by atoms with van der Waals surface area (Å²) in [5.41, 5.74) is 1.09. The van der Waals surface area contributed by atoms with E-state index in [1.54, 1.807) is 41.4 Å². The third kappa shape index (κ3) is 4.39. The van der Waals surface area contributed by atoms with Gasteiger partial charge in [-0.15, -0.1) is 0 Å². The zero-order valence-electron chi connectivity index (χ0n) is 14.1. The van der Waals surface area contributed by atoms with Crippen LogP contribution in [0.5, 0.6) is 0 Å². The molecular formula is C19H20ClN3O3. The number of piperidine rings is 1. The summed E-state index contributed by atoms with van der Waals surface area (Å²) in [6.45, 7) is 0.607. The van der Waals surface area contributed by atoms with E-state index in [9.17, 15) is 14.7 Å². The van der Waals surface area contributed by atoms with Crippen LogP contribution in [0.15, 0.2) is 48.7 Å². The Labute approximate surface area is 156 Å². The van der Waals surface area contributed by atoms with Crippen molar-refractivity contribution in [2.75, 3.05) is 13.1 Å². The van der Waals surface area contributed by atoms with Gasteiger partial charge in [0.05, 0.1) is 18.6 Å². The van der Waals surface area contributed by atoms with Crippen LogP contribution < -0.4 is 5.32 Å². The lowest BCUT2D eigenvalue weighted by Crippen LogP contribution is -2.55. The van der Waals surface area contributed by atoms with Gasteiger partial charge in [-0.3, -0.25) is 14.6 Å². The van der Waals surface area contributed by atoms with E-state index in [0.29, 0.717) is 23.7 Å². The molecule has 3 rings (SSSR count). The smallest absolute Gasteiger partial charge is 0.272 e. The van der Waals surface area contributed by atoms with Crippen molar-refractivity contribution in [3.63, 3.8) is 0 Å². The second-order valence-electron chi connectivity index (χ2n) is 6.26. The molecule has 0 unspecified atom stereocenters. The predicted molar refractivity (Wildman–Crippen MR) is 97.9 cm³/mol. The zero-order valence-corrected chi connectivity index (χ0v) is 14.9. The summed E-state index contributed by atoms with van der Waals surface area (Å²) in [7, 11) is 0. The first kappa shape index (κ1) is 18.4. The lowest BCUT2D eigenvalue weighted by Gasteiger charge is -2.36. The van der Waals surface area contributed by atoms with Gasteiger partial charge in [0.25, 0.3) is 5.91 Å². The number of halogens is 1. The number of aliphatic hydroxyl groups excluding tert-OH is 1. The first-order chi connectivity index (χ1) is 12.5. The number of pyridine rings is 1. The van der Waals surface area contributed by atoms with Gasteiger partial charge >= 0.3 is 0 Å². The number of aliphatic hydroxyl groups is 1. The van der Waals surface area contributed by atoms with Crippen LogP contribution in [0.25, 0.3) is 0 Å². The molecule has 2 N–H and O–H groups in total. The molecule has 2 atom stereocenters. The highest BCUT2D eigenvalue weighted by molar-refractivity contribution is 6.31. The fourth-order valence-electron chi connectivity index (χ4n) is 3.01. The molecule has 26 heavy (non-hydrogen) atoms. The van der Waals surface area contributed by atoms with Crippen LogP contribution in [0.2, 0.25) is 5.02 Å². The van der Waals surface area contributed by atoms with Gasteiger partial charge in [-0.1, -0.05) is 35.9 Å². The molecule has 6 nitrogen and oxygen atoms in total. The molecule has 136 valence electrons. The van der Waals surface area contributed by atoms with Gasteiger partial charge in [0, 0.05) is 24.3 Å². The molecule has 1 fully saturated rings. The summed E-state index contributed by atoms with van der Waals surface area (Å²) < 4.78 is 0. The quantitative estimate of drug-likeness (QED) is 0.854. The van der Waals surface area contributed by atoms with Gasteiger partial charge in [-0.2, -0.15) is 0 Å². The number of rotatable bonds is 4. The molecule has 0 bridgehead atoms. The largest absolute Gasteiger partial charge is 0.389 e. The van der Waals surface area contributed by atoms with Crippen LogP contribution in [0, 0.1) is 0 Å². The average Bonchev–Trinajstić information content (AvgIpc) is 2.65. The van der Waals surface area contributed by atoms with Crippen LogP contribution in [0.1, 0.15) is 22.5 Å². The summed E-state index contributed by atoms with van der Waals surface area (Å²) in [4.78, 5) is 30.3. The average molecular weight is 374 g/mol. The molecule has 0 spiro atoms. The number of likely N-dealkylation sites (tertiary alicyclic amines) is 1. The fourth-order valence-corrected chi connectivity index (χ4v) is 3.21. The molecule has 1 aromatic carbocycles. The lowest BCUT2D eigenvalue weighted by molar-refractivity contribution is -0.122. The molecule has 2 aromatic rings. The van der Waals surface area contributed by atoms with Gasteiger partial charge < -0.3 is 15.3 Å². The van der Waals surface area contributed by atoms with Crippen LogP contribution in [-0.4, -0.2) is 52.0 Å². The second-order valence-corrected chi connectivity index (χ2v) is 6.67. The summed E-state index contributed by atoms with van der Waals surface area (Å²) in [6, 6.07) is 11.9. The third-order valence-electron chi connectivity index (χ3n) is 4.41. The standard InChI is InChI=1S/C19H20ClN3O3/c20-14-6-2-1-5-13(14)11-18(25)22-15-8-10-23(12-17(15)24)19(26)16-7-3-4-9-21-16/h1-7,9,15,17,24H,8,10-12H2,(H,22,25)/t15-,17-/m1/s1. The Balaban J connectivity index is 1.55. The monoisotopic (exact) mass is 373 g/mol. The molecule has 2 amide bonds. The predicted octanol–water partition coefficient (Wildman–Crippen LogP) is 1.67. The zero-order chi connectivity index (χ0) is 18.5. The van der Waals surface area contributed by atoms with Gasteiger partial charge in [0.2, 0.25) is 5.91 Å². The van der Waals surface area contributed by atoms with Crippen LogP contribution >= 0.6 is 11.6 Å². The number of benzene rings is 1. The molecule has 0 radical (unpaired) electrons. The van der Waals surface area contributed by atoms with E-state index in [2.05, 4.69) is 10.3 Å². The van der Waals surface area contributed by atoms with E-state index in [4.69, 9.17) is 11.6 Å². The SMILES string of the molecule is O=C(Cc1ccccc1Cl)N[C@@H]1CCN(C(=O)c2ccccn2)C[C@H]1O. The number of nitrogens with zero attached hydrogens (tertiary/aromatic N) is 2. The molecule has 1 aliphatic heterocycles. The highest BCUT2D eigenvalue weighted by Crippen LogP contribution is 2.17. The lowest BCUT2D eigenvalue weighted by atomic mass is 10.0. The minimum absolute atomic E-state index is 0.152. The molecule has 1 aliphatic rings. The van der Waals surface area contributed by atoms with E-state index >= 15 is 0 Å². The number of aromatic nitrogens is 1. The normalized spacial score (nSPS) is 19.8. The van der Waals surface area contributed by atoms with Crippen molar-refractivity contribution in [2.24, 2.45) is 0 Å². The maximum absolute atomic E-state index is 12.4. The Morgan fingerprint density at radius 3 is 2.69 bits per heavy atom. The van der Waals surface area contributed by atoms with Crippen molar-refractivity contribution in [2.45, 2.75) is 25.0 Å². The Bertz CT molecular complexity index is 785. The third-order valence-corrected chi connectivity index (χ3v) is 4.78. The van der Waals surface area contributed by atoms with E-state index in [-0.39, 0.29) is 24.8 Å². The first-order valence-corrected chi connectivity index (χ1v) is 8.83. The molecule has 1 saturated heterocycles. The van der Waals surface area contributed by atoms with E-state index in [1.165, 1.54) is 0 Å². The maximum atomic E-state index is 12.4. The number of amides is 2. The molecular weight excluding hydrogens is 354 g/mol. The maximum Gasteiger partial charge on any atom is 0.272 e. The van der Waals surface area contributed by atoms with Gasteiger partial charge in [0.15, 0.2) is 0 Å². The fraction of sp³-hybridized carbons (Fsp3) is 0.316. The van der Waals surface area contributed by atoms with E-state index in [0.717, 1.165) is 5.56 Å². The van der Waals surface area contributed by atoms with Crippen LogP contribution in [-0.2, 0) is 11.2 Å². The van der Waals surface area contributed by atoms with Crippen molar-refractivity contribution in [1.29, 1.82) is 0 Å². The summed E-state index contributed by atoms with van der Waals surface area (Å²) in [5.74, 6) is -0.419. The highest BCUT2D eigenvalue weighted by atomic mass is 35.5. The summed E-state index contributed by atoms with van der Waals surface area (Å²) >= 11 is 6.07. The number of carbonyl (C=O) groups excluding carboxylic acids is 2. The number of hydrogen-bond donors (Lipinski definition) is 2. The van der Waals surface area contributed by atoms with Gasteiger partial charge in [-0.05, 0) is 30.2 Å². The highest BCUT2D eigenvalue weighted by Gasteiger charge is 2.31. The Morgan fingerprint density at radius 2 is 2.00 bits per heavy atom. The Hall–Kier alpha value is -2.44. The van der Waals surface area contributed by atoms with Crippen LogP contribution in [0.4, 0.5) is 0 Å². The van der Waals surface area contributed by atoms with Gasteiger partial charge in [-0.25, -0.2) is 0 Å². The molecule has 2 heterocycles. The number of hydrogen-bond acceptors (Lipinski definition) is 4. The Kier molecular flexibility index (Phi) is 5.85. The second kappa shape index (κ2) is 8.29. The summed E-state index contributed by atoms with van der Waals surface area (Å²) in [5, 5.41) is 13.7.